The molecule has 0 atom stereocenters. The van der Waals surface area contributed by atoms with E-state index in [0.717, 1.165) is 0 Å². The number of pyridine rings is 1. The number of carbonyl (C=O) groups excluding carboxylic acids is 1. The minimum Gasteiger partial charge on any atom is -0.467 e. The van der Waals surface area contributed by atoms with Crippen LogP contribution in [0.3, 0.4) is 0 Å². The topological polar surface area (TPSA) is 90.0 Å². The van der Waals surface area contributed by atoms with Crippen LogP contribution in [-0.4, -0.2) is 26.2 Å². The highest BCUT2D eigenvalue weighted by atomic mass is 32.2. The molecule has 0 aliphatic carbocycles. The van der Waals surface area contributed by atoms with Gasteiger partial charge in [-0.25, -0.2) is 9.97 Å². The summed E-state index contributed by atoms with van der Waals surface area (Å²) in [5.74, 6) is 0.687. The molecule has 0 bridgehead atoms. The number of nitrogens with one attached hydrogen (secondary N) is 1. The zero-order valence-electron chi connectivity index (χ0n) is 13.1. The molecule has 24 heavy (non-hydrogen) atoms. The second-order valence-corrected chi connectivity index (χ2v) is 5.91. The summed E-state index contributed by atoms with van der Waals surface area (Å²) >= 11 is 1.22. The molecule has 0 unspecified atom stereocenters. The Morgan fingerprint density at radius 3 is 3.00 bits per heavy atom. The molecule has 0 fully saturated rings. The Balaban J connectivity index is 1.72. The van der Waals surface area contributed by atoms with Crippen LogP contribution in [0.2, 0.25) is 0 Å². The number of furan rings is 1. The fourth-order valence-electron chi connectivity index (χ4n) is 2.21. The van der Waals surface area contributed by atoms with Crippen molar-refractivity contribution in [3.63, 3.8) is 0 Å². The normalized spacial score (nSPS) is 10.9. The van der Waals surface area contributed by atoms with Crippen molar-refractivity contribution in [3.05, 3.63) is 52.8 Å². The maximum absolute atomic E-state index is 12.5. The minimum atomic E-state index is -0.158. The molecular weight excluding hydrogens is 328 g/mol. The van der Waals surface area contributed by atoms with E-state index in [4.69, 9.17) is 4.42 Å². The lowest BCUT2D eigenvalue weighted by Gasteiger charge is -2.10. The third-order valence-electron chi connectivity index (χ3n) is 3.38. The van der Waals surface area contributed by atoms with E-state index in [1.54, 1.807) is 41.3 Å². The van der Waals surface area contributed by atoms with Crippen molar-refractivity contribution in [2.24, 2.45) is 0 Å². The number of aromatic nitrogens is 3. The van der Waals surface area contributed by atoms with Crippen molar-refractivity contribution in [2.45, 2.75) is 25.2 Å². The number of hydrogen-bond donors (Lipinski definition) is 1. The first-order valence-electron chi connectivity index (χ1n) is 7.46. The molecular formula is C16H16N4O3S. The number of nitrogens with zero attached hydrogens (tertiary/aromatic N) is 3. The lowest BCUT2D eigenvalue weighted by Crippen LogP contribution is -2.26. The van der Waals surface area contributed by atoms with Gasteiger partial charge in [-0.2, -0.15) is 0 Å². The van der Waals surface area contributed by atoms with Crippen molar-refractivity contribution in [2.75, 3.05) is 5.75 Å². The summed E-state index contributed by atoms with van der Waals surface area (Å²) < 4.78 is 6.71. The van der Waals surface area contributed by atoms with Gasteiger partial charge in [-0.15, -0.1) is 0 Å². The van der Waals surface area contributed by atoms with E-state index in [2.05, 4.69) is 15.3 Å². The SMILES string of the molecule is CCn1c(SCC(=O)NCc2ccco2)nc2ncccc2c1=O. The molecule has 0 saturated heterocycles. The molecule has 3 rings (SSSR count). The highest BCUT2D eigenvalue weighted by Crippen LogP contribution is 2.16. The second kappa shape index (κ2) is 7.31. The first-order chi connectivity index (χ1) is 11.7. The van der Waals surface area contributed by atoms with Crippen molar-refractivity contribution >= 4 is 28.7 Å². The van der Waals surface area contributed by atoms with Gasteiger partial charge in [0.15, 0.2) is 10.8 Å². The molecule has 0 aliphatic heterocycles. The molecule has 3 heterocycles. The summed E-state index contributed by atoms with van der Waals surface area (Å²) in [5.41, 5.74) is 0.250. The molecule has 7 nitrogen and oxygen atoms in total. The van der Waals surface area contributed by atoms with Gasteiger partial charge in [0.1, 0.15) is 5.76 Å². The van der Waals surface area contributed by atoms with E-state index in [0.29, 0.717) is 35.0 Å². The Labute approximate surface area is 142 Å². The van der Waals surface area contributed by atoms with Gasteiger partial charge in [-0.05, 0) is 31.2 Å². The lowest BCUT2D eigenvalue weighted by molar-refractivity contribution is -0.118. The van der Waals surface area contributed by atoms with Gasteiger partial charge in [0.2, 0.25) is 5.91 Å². The first kappa shape index (κ1) is 16.3. The second-order valence-electron chi connectivity index (χ2n) is 4.96. The van der Waals surface area contributed by atoms with Gasteiger partial charge in [0.05, 0.1) is 23.9 Å². The van der Waals surface area contributed by atoms with Crippen LogP contribution in [0.1, 0.15) is 12.7 Å². The fraction of sp³-hybridized carbons (Fsp3) is 0.250. The number of carbonyl (C=O) groups is 1. The van der Waals surface area contributed by atoms with Gasteiger partial charge in [-0.3, -0.25) is 14.2 Å². The summed E-state index contributed by atoms with van der Waals surface area (Å²) in [5, 5.41) is 3.73. The maximum Gasteiger partial charge on any atom is 0.263 e. The van der Waals surface area contributed by atoms with Gasteiger partial charge < -0.3 is 9.73 Å². The van der Waals surface area contributed by atoms with Crippen LogP contribution in [0.4, 0.5) is 0 Å². The Morgan fingerprint density at radius 1 is 1.38 bits per heavy atom. The van der Waals surface area contributed by atoms with Gasteiger partial charge >= 0.3 is 0 Å². The summed E-state index contributed by atoms with van der Waals surface area (Å²) in [6.45, 7) is 2.68. The first-order valence-corrected chi connectivity index (χ1v) is 8.45. The van der Waals surface area contributed by atoms with E-state index in [9.17, 15) is 9.59 Å². The predicted octanol–water partition coefficient (Wildman–Crippen LogP) is 1.81. The van der Waals surface area contributed by atoms with Crippen LogP contribution >= 0.6 is 11.8 Å². The Morgan fingerprint density at radius 2 is 2.25 bits per heavy atom. The summed E-state index contributed by atoms with van der Waals surface area (Å²) in [6, 6.07) is 6.97. The van der Waals surface area contributed by atoms with Crippen molar-refractivity contribution in [3.8, 4) is 0 Å². The van der Waals surface area contributed by atoms with Crippen LogP contribution in [-0.2, 0) is 17.9 Å². The number of fused-ring (bicyclic) bond motifs is 1. The van der Waals surface area contributed by atoms with Gasteiger partial charge in [-0.1, -0.05) is 11.8 Å². The number of rotatable bonds is 6. The van der Waals surface area contributed by atoms with Gasteiger partial charge in [0, 0.05) is 12.7 Å². The molecule has 0 aromatic carbocycles. The standard InChI is InChI=1S/C16H16N4O3S/c1-2-20-15(22)12-6-3-7-17-14(12)19-16(20)24-10-13(21)18-9-11-5-4-8-23-11/h3-8H,2,9-10H2,1H3,(H,18,21). The molecule has 1 N–H and O–H groups in total. The lowest BCUT2D eigenvalue weighted by atomic mass is 10.3. The highest BCUT2D eigenvalue weighted by molar-refractivity contribution is 7.99. The van der Waals surface area contributed by atoms with Crippen LogP contribution in [0.15, 0.2) is 51.1 Å². The summed E-state index contributed by atoms with van der Waals surface area (Å²) in [7, 11) is 0. The molecule has 0 saturated carbocycles. The number of thioether (sulfide) groups is 1. The maximum atomic E-state index is 12.5. The van der Waals surface area contributed by atoms with Gasteiger partial charge in [0.25, 0.3) is 5.56 Å². The van der Waals surface area contributed by atoms with E-state index < -0.39 is 0 Å². The number of hydrogen-bond acceptors (Lipinski definition) is 6. The van der Waals surface area contributed by atoms with Crippen LogP contribution < -0.4 is 10.9 Å². The van der Waals surface area contributed by atoms with Crippen LogP contribution in [0, 0.1) is 0 Å². The Bertz CT molecular complexity index is 905. The highest BCUT2D eigenvalue weighted by Gasteiger charge is 2.12. The van der Waals surface area contributed by atoms with Crippen LogP contribution in [0.5, 0.6) is 0 Å². The van der Waals surface area contributed by atoms with Crippen molar-refractivity contribution in [1.29, 1.82) is 0 Å². The van der Waals surface area contributed by atoms with Crippen molar-refractivity contribution in [1.82, 2.24) is 19.9 Å². The molecule has 3 aromatic heterocycles. The molecule has 3 aromatic rings. The number of amides is 1. The summed E-state index contributed by atoms with van der Waals surface area (Å²) in [6.07, 6.45) is 3.15. The van der Waals surface area contributed by atoms with E-state index in [1.807, 2.05) is 6.92 Å². The Hall–Kier alpha value is -2.61. The van der Waals surface area contributed by atoms with E-state index in [1.165, 1.54) is 11.8 Å². The largest absolute Gasteiger partial charge is 0.467 e. The van der Waals surface area contributed by atoms with Crippen LogP contribution in [0.25, 0.3) is 11.0 Å². The molecule has 0 aliphatic rings. The van der Waals surface area contributed by atoms with E-state index >= 15 is 0 Å². The monoisotopic (exact) mass is 344 g/mol. The average Bonchev–Trinajstić information content (AvgIpc) is 3.12. The quantitative estimate of drug-likeness (QED) is 0.542. The predicted molar refractivity (Wildman–Crippen MR) is 90.8 cm³/mol. The molecule has 8 heteroatoms. The molecule has 0 radical (unpaired) electrons. The summed E-state index contributed by atoms with van der Waals surface area (Å²) in [4.78, 5) is 32.9. The van der Waals surface area contributed by atoms with E-state index in [-0.39, 0.29) is 17.2 Å². The minimum absolute atomic E-state index is 0.144. The molecule has 1 amide bonds. The average molecular weight is 344 g/mol. The fourth-order valence-corrected chi connectivity index (χ4v) is 3.09. The van der Waals surface area contributed by atoms with Crippen molar-refractivity contribution < 1.29 is 9.21 Å². The third-order valence-corrected chi connectivity index (χ3v) is 4.36. The zero-order chi connectivity index (χ0) is 16.9. The smallest absolute Gasteiger partial charge is 0.263 e. The molecule has 0 spiro atoms. The third kappa shape index (κ3) is 3.48. The Kier molecular flexibility index (Phi) is 4.95. The molecule has 124 valence electrons. The zero-order valence-corrected chi connectivity index (χ0v) is 13.9.